The third-order valence-electron chi connectivity index (χ3n) is 9.03. The molecule has 2 aliphatic rings. The minimum absolute atomic E-state index is 0.146. The summed E-state index contributed by atoms with van der Waals surface area (Å²) in [6, 6.07) is -1.21. The summed E-state index contributed by atoms with van der Waals surface area (Å²) in [5, 5.41) is 19.5. The Balaban J connectivity index is 1.88. The van der Waals surface area contributed by atoms with Crippen LogP contribution >= 0.6 is 0 Å². The molecule has 3 atom stereocenters. The van der Waals surface area contributed by atoms with Crippen LogP contribution in [0.25, 0.3) is 0 Å². The van der Waals surface area contributed by atoms with E-state index in [1.165, 1.54) is 7.11 Å². The van der Waals surface area contributed by atoms with Gasteiger partial charge in [0.05, 0.1) is 26.3 Å². The number of rotatable bonds is 30. The Morgan fingerprint density at radius 3 is 1.44 bits per heavy atom. The molecule has 8 amide bonds. The van der Waals surface area contributed by atoms with Crippen LogP contribution in [-0.4, -0.2) is 136 Å². The molecule has 11 N–H and O–H groups in total. The van der Waals surface area contributed by atoms with E-state index < -0.39 is 78.8 Å². The zero-order chi connectivity index (χ0) is 40.6. The van der Waals surface area contributed by atoms with Gasteiger partial charge in [-0.05, 0) is 83.5 Å². The van der Waals surface area contributed by atoms with E-state index in [1.54, 1.807) is 0 Å². The number of carbonyl (C=O) groups is 8. The molecule has 0 aromatic carbocycles. The van der Waals surface area contributed by atoms with Gasteiger partial charge in [-0.25, -0.2) is 9.59 Å². The van der Waals surface area contributed by atoms with E-state index >= 15 is 0 Å². The summed E-state index contributed by atoms with van der Waals surface area (Å²) in [4.78, 5) is 99.7. The zero-order valence-corrected chi connectivity index (χ0v) is 32.2. The van der Waals surface area contributed by atoms with Gasteiger partial charge in [0.25, 0.3) is 0 Å². The molecule has 55 heavy (non-hydrogen) atoms. The summed E-state index contributed by atoms with van der Waals surface area (Å²) in [5.74, 6) is -2.95. The Kier molecular flexibility index (Phi) is 22.1. The van der Waals surface area contributed by atoms with Crippen LogP contribution in [0.4, 0.5) is 9.59 Å². The third-order valence-corrected chi connectivity index (χ3v) is 9.03. The number of hydrogen-bond acceptors (Lipinski definition) is 12. The topological polar surface area (TPSA) is 295 Å². The van der Waals surface area contributed by atoms with Crippen LogP contribution < -0.4 is 48.7 Å². The normalized spacial score (nSPS) is 15.0. The van der Waals surface area contributed by atoms with Crippen molar-refractivity contribution in [2.75, 3.05) is 53.5 Å². The maximum absolute atomic E-state index is 13.3. The van der Waals surface area contributed by atoms with Gasteiger partial charge < -0.3 is 63.1 Å². The van der Waals surface area contributed by atoms with Gasteiger partial charge in [0.2, 0.25) is 35.4 Å². The number of ether oxygens (including phenoxy) is 2. The molecule has 20 nitrogen and oxygen atoms in total. The number of alkyl carbamates (subject to hydrolysis) is 2. The minimum Gasteiger partial charge on any atom is -0.453 e. The largest absolute Gasteiger partial charge is 0.453 e. The molecular weight excluding hydrogens is 720 g/mol. The van der Waals surface area contributed by atoms with Gasteiger partial charge in [-0.2, -0.15) is 0 Å². The van der Waals surface area contributed by atoms with Gasteiger partial charge in [0.1, 0.15) is 19.1 Å². The number of amides is 8. The first-order valence-electron chi connectivity index (χ1n) is 19.2. The fourth-order valence-electron chi connectivity index (χ4n) is 5.56. The fraction of sp³-hybridized carbons (Fsp3) is 0.771. The van der Waals surface area contributed by atoms with Gasteiger partial charge in [-0.15, -0.1) is 0 Å². The summed E-state index contributed by atoms with van der Waals surface area (Å²) in [6.07, 6.45) is 7.02. The summed E-state index contributed by atoms with van der Waals surface area (Å²) in [7, 11) is 2.40. The van der Waals surface area contributed by atoms with Gasteiger partial charge in [0.15, 0.2) is 0 Å². The lowest BCUT2D eigenvalue weighted by molar-refractivity contribution is -0.139. The predicted molar refractivity (Wildman–Crippen MR) is 200 cm³/mol. The van der Waals surface area contributed by atoms with Crippen molar-refractivity contribution in [3.8, 4) is 0 Å². The average molecular weight is 783 g/mol. The molecule has 0 bridgehead atoms. The number of nitrogens with zero attached hydrogens (tertiary/aromatic N) is 1. The van der Waals surface area contributed by atoms with Crippen molar-refractivity contribution in [3.63, 3.8) is 0 Å². The maximum Gasteiger partial charge on any atom is 0.407 e. The molecule has 312 valence electrons. The van der Waals surface area contributed by atoms with Crippen LogP contribution in [0.1, 0.15) is 89.9 Å². The molecule has 2 rings (SSSR count). The molecule has 2 unspecified atom stereocenters. The lowest BCUT2D eigenvalue weighted by Gasteiger charge is -2.23. The van der Waals surface area contributed by atoms with E-state index in [4.69, 9.17) is 11.5 Å². The van der Waals surface area contributed by atoms with E-state index in [0.717, 1.165) is 37.7 Å². The summed E-state index contributed by atoms with van der Waals surface area (Å²) in [5.41, 5.74) is 11.0. The monoisotopic (exact) mass is 782 g/mol. The number of carbonyl (C=O) groups excluding carboxylic acids is 8. The zero-order valence-electron chi connectivity index (χ0n) is 32.2. The number of methoxy groups -OCH3 is 2. The van der Waals surface area contributed by atoms with Crippen molar-refractivity contribution in [2.24, 2.45) is 11.5 Å². The van der Waals surface area contributed by atoms with Crippen LogP contribution in [0.3, 0.4) is 0 Å². The third kappa shape index (κ3) is 21.7. The van der Waals surface area contributed by atoms with Gasteiger partial charge in [0, 0.05) is 44.7 Å². The molecule has 0 aromatic heterocycles. The minimum atomic E-state index is -0.987. The molecular formula is C35H62N10O10. The highest BCUT2D eigenvalue weighted by molar-refractivity contribution is 5.90. The molecule has 0 heterocycles. The van der Waals surface area contributed by atoms with Crippen molar-refractivity contribution in [3.05, 3.63) is 0 Å². The first-order valence-corrected chi connectivity index (χ1v) is 19.2. The number of nitrogens with two attached hydrogens (primary N) is 2. The van der Waals surface area contributed by atoms with Crippen LogP contribution in [0.2, 0.25) is 0 Å². The summed E-state index contributed by atoms with van der Waals surface area (Å²) in [6.45, 7) is -0.0990. The Hall–Kier alpha value is -4.72. The van der Waals surface area contributed by atoms with Crippen molar-refractivity contribution in [1.82, 2.24) is 42.1 Å². The van der Waals surface area contributed by atoms with Crippen LogP contribution in [-0.2, 0) is 38.2 Å². The second-order valence-electron chi connectivity index (χ2n) is 13.9. The maximum atomic E-state index is 13.3. The molecule has 0 spiro atoms. The first kappa shape index (κ1) is 46.4. The van der Waals surface area contributed by atoms with Crippen molar-refractivity contribution in [1.29, 1.82) is 0 Å². The summed E-state index contributed by atoms with van der Waals surface area (Å²) >= 11 is 0. The van der Waals surface area contributed by atoms with Crippen LogP contribution in [0, 0.1) is 0 Å². The lowest BCUT2D eigenvalue weighted by atomic mass is 10.1. The number of unbranched alkanes of at least 4 members (excludes halogenated alkanes) is 3. The Bertz CT molecular complexity index is 1220. The predicted octanol–water partition coefficient (Wildman–Crippen LogP) is -1.64. The lowest BCUT2D eigenvalue weighted by Crippen LogP contribution is -2.49. The van der Waals surface area contributed by atoms with Gasteiger partial charge in [-0.1, -0.05) is 0 Å². The van der Waals surface area contributed by atoms with Crippen LogP contribution in [0.5, 0.6) is 0 Å². The van der Waals surface area contributed by atoms with Crippen molar-refractivity contribution >= 4 is 47.6 Å². The first-order chi connectivity index (χ1) is 26.3. The average Bonchev–Trinajstić information content (AvgIpc) is 4.09. The highest BCUT2D eigenvalue weighted by Crippen LogP contribution is 2.21. The number of hydrogen-bond donors (Lipinski definition) is 9. The molecule has 0 radical (unpaired) electrons. The molecule has 0 aromatic rings. The van der Waals surface area contributed by atoms with Crippen molar-refractivity contribution < 1.29 is 47.8 Å². The number of nitrogens with one attached hydrogen (secondary N) is 7. The van der Waals surface area contributed by atoms with E-state index in [1.807, 2.05) is 0 Å². The van der Waals surface area contributed by atoms with Gasteiger partial charge >= 0.3 is 12.2 Å². The number of primary amides is 2. The summed E-state index contributed by atoms with van der Waals surface area (Å²) < 4.78 is 9.14. The second kappa shape index (κ2) is 26.1. The smallest absolute Gasteiger partial charge is 0.407 e. The standard InChI is InChI=1S/C35H62N10O10/c1-54-34(52)41-19-8-5-11-27(44-35(53)55-2)33(51)40-20-16-30(48)45(21-28(46)38-17-6-3-9-25(31(36)49)42-23-12-13-23)22-29(47)39-18-7-4-10-26(32(37)50)43-24-14-15-24/h23-27,42-43H,3-22H2,1-2H3,(H2,36,49)(H2,37,50)(H,38,46)(H,39,47)(H,40,51)(H,41,52)(H,44,53)/t25?,26?,27-/m0/s1. The second-order valence-corrected chi connectivity index (χ2v) is 13.9. The SMILES string of the molecule is COC(=O)NCCCC[C@H](NC(=O)OC)C(=O)NCCC(=O)N(CC(=O)NCCCCC(NC1CC1)C(N)=O)CC(=O)NCCCCC(NC1CC1)C(N)=O. The van der Waals surface area contributed by atoms with Crippen LogP contribution in [0.15, 0.2) is 0 Å². The van der Waals surface area contributed by atoms with E-state index in [2.05, 4.69) is 46.7 Å². The molecule has 2 fully saturated rings. The molecule has 20 heteroatoms. The highest BCUT2D eigenvalue weighted by atomic mass is 16.5. The highest BCUT2D eigenvalue weighted by Gasteiger charge is 2.28. The molecule has 2 saturated carbocycles. The fourth-order valence-corrected chi connectivity index (χ4v) is 5.56. The van der Waals surface area contributed by atoms with E-state index in [0.29, 0.717) is 70.0 Å². The molecule has 0 saturated heterocycles. The van der Waals surface area contributed by atoms with E-state index in [-0.39, 0.29) is 32.5 Å². The molecule has 0 aliphatic heterocycles. The Labute approximate surface area is 322 Å². The Morgan fingerprint density at radius 2 is 1.02 bits per heavy atom. The van der Waals surface area contributed by atoms with E-state index in [9.17, 15) is 38.4 Å². The van der Waals surface area contributed by atoms with Crippen molar-refractivity contribution in [2.45, 2.75) is 120 Å². The van der Waals surface area contributed by atoms with Gasteiger partial charge in [-0.3, -0.25) is 28.8 Å². The molecule has 2 aliphatic carbocycles. The Morgan fingerprint density at radius 1 is 0.582 bits per heavy atom. The quantitative estimate of drug-likeness (QED) is 0.0371.